The first kappa shape index (κ1) is 17.2. The summed E-state index contributed by atoms with van der Waals surface area (Å²) in [6, 6.07) is 21.9. The molecule has 0 aliphatic rings. The molecule has 0 saturated carbocycles. The summed E-state index contributed by atoms with van der Waals surface area (Å²) in [5, 5.41) is 8.01. The summed E-state index contributed by atoms with van der Waals surface area (Å²) in [6.07, 6.45) is 1.57. The molecule has 2 aromatic heterocycles. The highest BCUT2D eigenvalue weighted by atomic mass is 32.2. The Hall–Kier alpha value is -3.19. The van der Waals surface area contributed by atoms with Gasteiger partial charge in [-0.3, -0.25) is 8.71 Å². The molecule has 2 aromatic carbocycles. The highest BCUT2D eigenvalue weighted by Gasteiger charge is 2.26. The third-order valence-corrected chi connectivity index (χ3v) is 6.10. The van der Waals surface area contributed by atoms with Crippen LogP contribution in [0.5, 0.6) is 0 Å². The van der Waals surface area contributed by atoms with Crippen LogP contribution in [-0.2, 0) is 16.6 Å². The second-order valence-electron chi connectivity index (χ2n) is 6.17. The first-order valence-corrected chi connectivity index (χ1v) is 9.93. The Balaban J connectivity index is 1.82. The molecule has 0 amide bonds. The summed E-state index contributed by atoms with van der Waals surface area (Å²) in [5.74, 6) is 0.636. The number of rotatable bonds is 5. The van der Waals surface area contributed by atoms with Gasteiger partial charge in [0, 0.05) is 6.20 Å². The van der Waals surface area contributed by atoms with Crippen molar-refractivity contribution in [2.45, 2.75) is 18.4 Å². The smallest absolute Gasteiger partial charge is 0.266 e. The van der Waals surface area contributed by atoms with Crippen molar-refractivity contribution in [3.63, 3.8) is 0 Å². The normalized spacial score (nSPS) is 11.6. The molecule has 0 N–H and O–H groups in total. The summed E-state index contributed by atoms with van der Waals surface area (Å²) in [4.78, 5) is 0.192. The second kappa shape index (κ2) is 6.85. The van der Waals surface area contributed by atoms with Crippen molar-refractivity contribution in [3.8, 4) is 0 Å². The minimum Gasteiger partial charge on any atom is -0.285 e. The van der Waals surface area contributed by atoms with E-state index in [9.17, 15) is 8.42 Å². The van der Waals surface area contributed by atoms with Crippen LogP contribution in [0.15, 0.2) is 83.9 Å². The molecule has 0 radical (unpaired) electrons. The molecule has 0 aliphatic heterocycles. The van der Waals surface area contributed by atoms with Gasteiger partial charge in [0.2, 0.25) is 0 Å². The molecule has 4 rings (SSSR count). The Morgan fingerprint density at radius 1 is 0.889 bits per heavy atom. The Morgan fingerprint density at radius 3 is 2.26 bits per heavy atom. The van der Waals surface area contributed by atoms with Crippen molar-refractivity contribution in [2.75, 3.05) is 4.31 Å². The van der Waals surface area contributed by atoms with E-state index in [-0.39, 0.29) is 11.4 Å². The maximum absolute atomic E-state index is 13.5. The lowest BCUT2D eigenvalue weighted by atomic mass is 10.2. The van der Waals surface area contributed by atoms with E-state index in [1.807, 2.05) is 48.5 Å². The van der Waals surface area contributed by atoms with Crippen LogP contribution in [0.25, 0.3) is 5.65 Å². The van der Waals surface area contributed by atoms with Crippen LogP contribution in [0, 0.1) is 6.92 Å². The first-order chi connectivity index (χ1) is 13.1. The van der Waals surface area contributed by atoms with Crippen LogP contribution in [0.3, 0.4) is 0 Å². The molecule has 7 heteroatoms. The summed E-state index contributed by atoms with van der Waals surface area (Å²) in [7, 11) is -3.78. The lowest BCUT2D eigenvalue weighted by molar-refractivity contribution is 0.590. The molecule has 27 heavy (non-hydrogen) atoms. The number of para-hydroxylation sites is 1. The van der Waals surface area contributed by atoms with Gasteiger partial charge in [-0.1, -0.05) is 48.5 Å². The maximum Gasteiger partial charge on any atom is 0.266 e. The molecule has 0 unspecified atom stereocenters. The van der Waals surface area contributed by atoms with Gasteiger partial charge in [0.05, 0.1) is 12.2 Å². The Labute approximate surface area is 157 Å². The van der Waals surface area contributed by atoms with Crippen molar-refractivity contribution >= 4 is 21.4 Å². The summed E-state index contributed by atoms with van der Waals surface area (Å²) in [5.41, 5.74) is 2.13. The van der Waals surface area contributed by atoms with E-state index in [0.717, 1.165) is 5.56 Å². The van der Waals surface area contributed by atoms with Crippen LogP contribution in [-0.4, -0.2) is 23.0 Å². The number of aryl methyl sites for hydroxylation is 1. The Bertz CT molecular complexity index is 1170. The number of fused-ring (bicyclic) bond motifs is 1. The SMILES string of the molecule is Cc1nnc2ccc(S(=O)(=O)N(Cc3ccccc3)c3ccccc3)cn12. The molecule has 0 saturated heterocycles. The number of pyridine rings is 1. The largest absolute Gasteiger partial charge is 0.285 e. The van der Waals surface area contributed by atoms with Gasteiger partial charge >= 0.3 is 0 Å². The third-order valence-electron chi connectivity index (χ3n) is 4.35. The van der Waals surface area contributed by atoms with Gasteiger partial charge in [-0.25, -0.2) is 8.42 Å². The fraction of sp³-hybridized carbons (Fsp3) is 0.100. The van der Waals surface area contributed by atoms with Gasteiger partial charge in [-0.05, 0) is 36.8 Å². The molecule has 136 valence electrons. The minimum atomic E-state index is -3.78. The van der Waals surface area contributed by atoms with Crippen LogP contribution < -0.4 is 4.31 Å². The van der Waals surface area contributed by atoms with E-state index in [0.29, 0.717) is 17.2 Å². The van der Waals surface area contributed by atoms with E-state index in [1.54, 1.807) is 41.8 Å². The quantitative estimate of drug-likeness (QED) is 0.534. The van der Waals surface area contributed by atoms with Gasteiger partial charge < -0.3 is 0 Å². The number of sulfonamides is 1. The molecule has 6 nitrogen and oxygen atoms in total. The maximum atomic E-state index is 13.5. The topological polar surface area (TPSA) is 67.6 Å². The fourth-order valence-corrected chi connectivity index (χ4v) is 4.38. The van der Waals surface area contributed by atoms with E-state index < -0.39 is 10.0 Å². The van der Waals surface area contributed by atoms with Gasteiger partial charge in [-0.2, -0.15) is 0 Å². The molecular weight excluding hydrogens is 360 g/mol. The Kier molecular flexibility index (Phi) is 4.37. The number of benzene rings is 2. The Morgan fingerprint density at radius 2 is 1.56 bits per heavy atom. The lowest BCUT2D eigenvalue weighted by Crippen LogP contribution is -2.30. The number of nitrogens with zero attached hydrogens (tertiary/aromatic N) is 4. The van der Waals surface area contributed by atoms with Crippen molar-refractivity contribution in [3.05, 3.63) is 90.4 Å². The highest BCUT2D eigenvalue weighted by molar-refractivity contribution is 7.92. The van der Waals surface area contributed by atoms with Crippen LogP contribution in [0.4, 0.5) is 5.69 Å². The average Bonchev–Trinajstić information content (AvgIpc) is 3.08. The first-order valence-electron chi connectivity index (χ1n) is 8.49. The molecule has 0 spiro atoms. The van der Waals surface area contributed by atoms with Crippen LogP contribution in [0.1, 0.15) is 11.4 Å². The van der Waals surface area contributed by atoms with Crippen molar-refractivity contribution < 1.29 is 8.42 Å². The zero-order chi connectivity index (χ0) is 18.9. The number of aromatic nitrogens is 3. The van der Waals surface area contributed by atoms with Crippen LogP contribution >= 0.6 is 0 Å². The second-order valence-corrected chi connectivity index (χ2v) is 8.04. The van der Waals surface area contributed by atoms with Gasteiger partial charge in [0.1, 0.15) is 10.7 Å². The number of anilines is 1. The van der Waals surface area contributed by atoms with Crippen molar-refractivity contribution in [1.29, 1.82) is 0 Å². The van der Waals surface area contributed by atoms with Crippen molar-refractivity contribution in [1.82, 2.24) is 14.6 Å². The molecule has 0 bridgehead atoms. The molecular formula is C20H18N4O2S. The lowest BCUT2D eigenvalue weighted by Gasteiger charge is -2.24. The average molecular weight is 378 g/mol. The van der Waals surface area contributed by atoms with Crippen molar-refractivity contribution in [2.24, 2.45) is 0 Å². The van der Waals surface area contributed by atoms with E-state index >= 15 is 0 Å². The molecule has 0 fully saturated rings. The summed E-state index contributed by atoms with van der Waals surface area (Å²) >= 11 is 0. The molecule has 0 aliphatic carbocycles. The molecule has 2 heterocycles. The zero-order valence-corrected chi connectivity index (χ0v) is 15.5. The van der Waals surface area contributed by atoms with Gasteiger partial charge in [0.25, 0.3) is 10.0 Å². The minimum absolute atomic E-state index is 0.192. The van der Waals surface area contributed by atoms with Gasteiger partial charge in [0.15, 0.2) is 5.65 Å². The van der Waals surface area contributed by atoms with E-state index in [4.69, 9.17) is 0 Å². The standard InChI is InChI=1S/C20H18N4O2S/c1-16-21-22-20-13-12-19(15-23(16)20)27(25,26)24(18-10-6-3-7-11-18)14-17-8-4-2-5-9-17/h2-13,15H,14H2,1H3. The molecule has 0 atom stereocenters. The van der Waals surface area contributed by atoms with Gasteiger partial charge in [-0.15, -0.1) is 10.2 Å². The van der Waals surface area contributed by atoms with E-state index in [1.165, 1.54) is 4.31 Å². The fourth-order valence-electron chi connectivity index (χ4n) is 2.92. The predicted octanol–water partition coefficient (Wildman–Crippen LogP) is 3.43. The van der Waals surface area contributed by atoms with Crippen LogP contribution in [0.2, 0.25) is 0 Å². The highest BCUT2D eigenvalue weighted by Crippen LogP contribution is 2.26. The monoisotopic (exact) mass is 378 g/mol. The number of hydrogen-bond acceptors (Lipinski definition) is 4. The molecule has 4 aromatic rings. The third kappa shape index (κ3) is 3.29. The summed E-state index contributed by atoms with van der Waals surface area (Å²) < 4.78 is 30.1. The zero-order valence-electron chi connectivity index (χ0n) is 14.7. The van der Waals surface area contributed by atoms with E-state index in [2.05, 4.69) is 10.2 Å². The number of hydrogen-bond donors (Lipinski definition) is 0. The predicted molar refractivity (Wildman–Crippen MR) is 104 cm³/mol. The summed E-state index contributed by atoms with van der Waals surface area (Å²) in [6.45, 7) is 2.03.